The Hall–Kier alpha value is -0.865. The molecular weight excluding hydrogens is 146 g/mol. The zero-order valence-electron chi connectivity index (χ0n) is 6.08. The molecule has 2 N–H and O–H groups in total. The van der Waals surface area contributed by atoms with Crippen LogP contribution in [-0.4, -0.2) is 17.2 Å². The molecule has 0 heterocycles. The first-order valence-corrected chi connectivity index (χ1v) is 3.23. The van der Waals surface area contributed by atoms with E-state index in [1.54, 1.807) is 6.92 Å². The van der Waals surface area contributed by atoms with Crippen LogP contribution in [0.15, 0.2) is 18.2 Å². The van der Waals surface area contributed by atoms with Gasteiger partial charge in [0.2, 0.25) is 0 Å². The first-order valence-electron chi connectivity index (χ1n) is 3.23. The molecule has 0 saturated heterocycles. The molecule has 0 aliphatic heterocycles. The van der Waals surface area contributed by atoms with Crippen LogP contribution in [0.25, 0.3) is 0 Å². The van der Waals surface area contributed by atoms with Crippen molar-refractivity contribution in [3.8, 4) is 0 Å². The van der Waals surface area contributed by atoms with Gasteiger partial charge in [-0.1, -0.05) is 12.1 Å². The van der Waals surface area contributed by atoms with E-state index in [2.05, 4.69) is 0 Å². The average molecular weight is 154 g/mol. The topological polar surface area (TPSA) is 40.5 Å². The summed E-state index contributed by atoms with van der Waals surface area (Å²) in [4.78, 5) is 0. The number of hydrogen-bond acceptors (Lipinski definition) is 2. The molecule has 2 nitrogen and oxygen atoms in total. The molecule has 0 amide bonds. The van der Waals surface area contributed by atoms with Gasteiger partial charge < -0.3 is 10.0 Å². The highest BCUT2D eigenvalue weighted by Crippen LogP contribution is 2.01. The lowest BCUT2D eigenvalue weighted by molar-refractivity contribution is 0.425. The summed E-state index contributed by atoms with van der Waals surface area (Å²) < 4.78 is 12.7. The van der Waals surface area contributed by atoms with E-state index in [1.165, 1.54) is 12.1 Å². The molecule has 0 fully saturated rings. The van der Waals surface area contributed by atoms with Crippen molar-refractivity contribution < 1.29 is 14.4 Å². The summed E-state index contributed by atoms with van der Waals surface area (Å²) in [6.45, 7) is 1.61. The van der Waals surface area contributed by atoms with Crippen molar-refractivity contribution >= 4 is 12.6 Å². The molecule has 1 rings (SSSR count). The number of halogens is 1. The van der Waals surface area contributed by atoms with Crippen molar-refractivity contribution in [2.24, 2.45) is 0 Å². The van der Waals surface area contributed by atoms with E-state index >= 15 is 0 Å². The lowest BCUT2D eigenvalue weighted by Crippen LogP contribution is -2.30. The van der Waals surface area contributed by atoms with Crippen molar-refractivity contribution in [3.05, 3.63) is 29.6 Å². The Kier molecular flexibility index (Phi) is 2.26. The Labute approximate surface area is 64.4 Å². The standard InChI is InChI=1S/C7H8BFO2/c1-5-2-3-6(8(10)11)4-7(5)9/h2-4,10-11H,1H3. The van der Waals surface area contributed by atoms with Crippen LogP contribution in [0.2, 0.25) is 0 Å². The molecule has 0 aliphatic rings. The molecule has 58 valence electrons. The van der Waals surface area contributed by atoms with Gasteiger partial charge in [-0.2, -0.15) is 0 Å². The van der Waals surface area contributed by atoms with Crippen LogP contribution in [-0.2, 0) is 0 Å². The molecule has 0 saturated carbocycles. The van der Waals surface area contributed by atoms with Crippen LogP contribution in [0.3, 0.4) is 0 Å². The zero-order chi connectivity index (χ0) is 8.43. The van der Waals surface area contributed by atoms with Gasteiger partial charge in [0.1, 0.15) is 5.82 Å². The van der Waals surface area contributed by atoms with Crippen LogP contribution >= 0.6 is 0 Å². The highest BCUT2D eigenvalue weighted by atomic mass is 19.1. The van der Waals surface area contributed by atoms with E-state index in [1.807, 2.05) is 0 Å². The fraction of sp³-hybridized carbons (Fsp3) is 0.143. The lowest BCUT2D eigenvalue weighted by Gasteiger charge is -2.00. The highest BCUT2D eigenvalue weighted by Gasteiger charge is 2.11. The second kappa shape index (κ2) is 3.03. The maximum Gasteiger partial charge on any atom is 0.488 e. The maximum absolute atomic E-state index is 12.7. The number of aryl methyl sites for hydroxylation is 1. The largest absolute Gasteiger partial charge is 0.488 e. The molecule has 0 bridgehead atoms. The van der Waals surface area contributed by atoms with E-state index in [0.717, 1.165) is 6.07 Å². The van der Waals surface area contributed by atoms with Crippen LogP contribution in [0, 0.1) is 12.7 Å². The quantitative estimate of drug-likeness (QED) is 0.550. The molecule has 1 aromatic rings. The molecule has 0 aromatic heterocycles. The van der Waals surface area contributed by atoms with Crippen LogP contribution in [0.4, 0.5) is 4.39 Å². The third-order valence-corrected chi connectivity index (χ3v) is 1.49. The predicted molar refractivity (Wildman–Crippen MR) is 41.0 cm³/mol. The Morgan fingerprint density at radius 1 is 1.36 bits per heavy atom. The van der Waals surface area contributed by atoms with Gasteiger partial charge in [-0.15, -0.1) is 0 Å². The van der Waals surface area contributed by atoms with Gasteiger partial charge in [0.05, 0.1) is 0 Å². The van der Waals surface area contributed by atoms with Crippen molar-refractivity contribution in [1.82, 2.24) is 0 Å². The summed E-state index contributed by atoms with van der Waals surface area (Å²) in [6, 6.07) is 4.09. The fourth-order valence-corrected chi connectivity index (χ4v) is 0.770. The fourth-order valence-electron chi connectivity index (χ4n) is 0.770. The SMILES string of the molecule is Cc1ccc(B(O)O)cc1F. The molecule has 0 unspecified atom stereocenters. The third kappa shape index (κ3) is 1.79. The summed E-state index contributed by atoms with van der Waals surface area (Å²) in [5.74, 6) is -0.421. The van der Waals surface area contributed by atoms with E-state index < -0.39 is 12.9 Å². The van der Waals surface area contributed by atoms with Crippen molar-refractivity contribution in [2.45, 2.75) is 6.92 Å². The summed E-state index contributed by atoms with van der Waals surface area (Å²) in [5.41, 5.74) is 0.669. The molecule has 0 atom stereocenters. The van der Waals surface area contributed by atoms with E-state index in [4.69, 9.17) is 10.0 Å². The van der Waals surface area contributed by atoms with Gasteiger partial charge in [-0.05, 0) is 24.0 Å². The molecule has 0 spiro atoms. The second-order valence-electron chi connectivity index (χ2n) is 2.38. The van der Waals surface area contributed by atoms with Crippen LogP contribution in [0.5, 0.6) is 0 Å². The Morgan fingerprint density at radius 2 is 2.00 bits per heavy atom. The van der Waals surface area contributed by atoms with Crippen molar-refractivity contribution in [1.29, 1.82) is 0 Å². The maximum atomic E-state index is 12.7. The van der Waals surface area contributed by atoms with Gasteiger partial charge >= 0.3 is 7.12 Å². The molecule has 4 heteroatoms. The minimum absolute atomic E-state index is 0.174. The summed E-state index contributed by atoms with van der Waals surface area (Å²) in [5, 5.41) is 17.3. The number of benzene rings is 1. The van der Waals surface area contributed by atoms with Crippen molar-refractivity contribution in [3.63, 3.8) is 0 Å². The molecular formula is C7H8BFO2. The smallest absolute Gasteiger partial charge is 0.423 e. The monoisotopic (exact) mass is 154 g/mol. The van der Waals surface area contributed by atoms with E-state index in [0.29, 0.717) is 5.56 Å². The van der Waals surface area contributed by atoms with E-state index in [9.17, 15) is 4.39 Å². The Bertz CT molecular complexity index is 263. The average Bonchev–Trinajstić information content (AvgIpc) is 1.94. The molecule has 11 heavy (non-hydrogen) atoms. The van der Waals surface area contributed by atoms with Gasteiger partial charge in [0.25, 0.3) is 0 Å². The van der Waals surface area contributed by atoms with Crippen LogP contribution < -0.4 is 5.46 Å². The minimum Gasteiger partial charge on any atom is -0.423 e. The number of rotatable bonds is 1. The van der Waals surface area contributed by atoms with Gasteiger partial charge in [-0.3, -0.25) is 0 Å². The van der Waals surface area contributed by atoms with Gasteiger partial charge in [0, 0.05) is 0 Å². The van der Waals surface area contributed by atoms with Crippen molar-refractivity contribution in [2.75, 3.05) is 0 Å². The first kappa shape index (κ1) is 8.23. The first-order chi connectivity index (χ1) is 5.11. The summed E-state index contributed by atoms with van der Waals surface area (Å²) >= 11 is 0. The minimum atomic E-state index is -1.59. The normalized spacial score (nSPS) is 9.82. The molecule has 1 aromatic carbocycles. The Morgan fingerprint density at radius 3 is 2.45 bits per heavy atom. The highest BCUT2D eigenvalue weighted by molar-refractivity contribution is 6.58. The second-order valence-corrected chi connectivity index (χ2v) is 2.38. The van der Waals surface area contributed by atoms with Gasteiger partial charge in [0.15, 0.2) is 0 Å². The van der Waals surface area contributed by atoms with E-state index in [-0.39, 0.29) is 5.46 Å². The molecule has 0 aliphatic carbocycles. The van der Waals surface area contributed by atoms with Gasteiger partial charge in [-0.25, -0.2) is 4.39 Å². The lowest BCUT2D eigenvalue weighted by atomic mass is 9.80. The third-order valence-electron chi connectivity index (χ3n) is 1.49. The van der Waals surface area contributed by atoms with Crippen LogP contribution in [0.1, 0.15) is 5.56 Å². The Balaban J connectivity index is 3.05. The number of hydrogen-bond donors (Lipinski definition) is 2. The summed E-state index contributed by atoms with van der Waals surface area (Å²) in [6.07, 6.45) is 0. The summed E-state index contributed by atoms with van der Waals surface area (Å²) in [7, 11) is -1.59. The predicted octanol–water partition coefficient (Wildman–Crippen LogP) is -0.186. The molecule has 0 radical (unpaired) electrons. The zero-order valence-corrected chi connectivity index (χ0v) is 6.08.